The van der Waals surface area contributed by atoms with E-state index in [1.165, 1.54) is 0 Å². The number of hydrogen-bond acceptors (Lipinski definition) is 6. The summed E-state index contributed by atoms with van der Waals surface area (Å²) in [5.41, 5.74) is 3.08. The molecule has 0 spiro atoms. The highest BCUT2D eigenvalue weighted by atomic mass is 79.9. The summed E-state index contributed by atoms with van der Waals surface area (Å²) in [5.74, 6) is 1.85. The molecule has 30 heavy (non-hydrogen) atoms. The Morgan fingerprint density at radius 3 is 2.43 bits per heavy atom. The zero-order valence-electron chi connectivity index (χ0n) is 16.9. The van der Waals surface area contributed by atoms with Gasteiger partial charge in [0, 0.05) is 16.6 Å². The molecule has 0 fully saturated rings. The summed E-state index contributed by atoms with van der Waals surface area (Å²) < 4.78 is 14.4. The van der Waals surface area contributed by atoms with Gasteiger partial charge in [-0.1, -0.05) is 39.8 Å². The molecule has 0 saturated heterocycles. The molecule has 2 aromatic heterocycles. The van der Waals surface area contributed by atoms with Crippen LogP contribution in [-0.4, -0.2) is 26.9 Å². The number of methoxy groups -OCH3 is 1. The predicted molar refractivity (Wildman–Crippen MR) is 122 cm³/mol. The summed E-state index contributed by atoms with van der Waals surface area (Å²) in [4.78, 5) is 4.65. The third kappa shape index (κ3) is 4.29. The average Bonchev–Trinajstić information content (AvgIpc) is 3.42. The zero-order chi connectivity index (χ0) is 21.1. The number of rotatable bonds is 7. The summed E-state index contributed by atoms with van der Waals surface area (Å²) >= 11 is 5.09. The quantitative estimate of drug-likeness (QED) is 0.289. The van der Waals surface area contributed by atoms with Gasteiger partial charge in [-0.15, -0.1) is 10.2 Å². The fraction of sp³-hybridized carbons (Fsp3) is 0.227. The summed E-state index contributed by atoms with van der Waals surface area (Å²) in [6.45, 7) is 4.98. The molecule has 1 atom stereocenters. The average molecular weight is 485 g/mol. The Morgan fingerprint density at radius 2 is 1.77 bits per heavy atom. The number of benzene rings is 2. The highest BCUT2D eigenvalue weighted by molar-refractivity contribution is 9.10. The SMILES string of the molecule is CCn1c(-c2ccc(Br)cc2)cnc1SC(C)c1nnc(-c2ccc(OC)cc2)o1. The summed E-state index contributed by atoms with van der Waals surface area (Å²) in [5, 5.41) is 9.35. The van der Waals surface area contributed by atoms with Crippen molar-refractivity contribution in [2.75, 3.05) is 7.11 Å². The van der Waals surface area contributed by atoms with Crippen molar-refractivity contribution in [1.29, 1.82) is 0 Å². The van der Waals surface area contributed by atoms with E-state index in [1.54, 1.807) is 18.9 Å². The first-order valence-corrected chi connectivity index (χ1v) is 11.2. The van der Waals surface area contributed by atoms with Crippen molar-refractivity contribution in [2.24, 2.45) is 0 Å². The third-order valence-corrected chi connectivity index (χ3v) is 6.30. The molecule has 4 rings (SSSR count). The van der Waals surface area contributed by atoms with Crippen molar-refractivity contribution < 1.29 is 9.15 Å². The molecule has 2 heterocycles. The van der Waals surface area contributed by atoms with Crippen molar-refractivity contribution in [2.45, 2.75) is 30.8 Å². The van der Waals surface area contributed by atoms with Crippen molar-refractivity contribution in [3.05, 3.63) is 65.1 Å². The maximum atomic E-state index is 5.93. The summed E-state index contributed by atoms with van der Waals surface area (Å²) in [6, 6.07) is 15.8. The van der Waals surface area contributed by atoms with Gasteiger partial charge in [0.05, 0.1) is 24.3 Å². The lowest BCUT2D eigenvalue weighted by Crippen LogP contribution is -2.00. The van der Waals surface area contributed by atoms with Gasteiger partial charge in [0.25, 0.3) is 0 Å². The molecular weight excluding hydrogens is 464 g/mol. The second-order valence-corrected chi connectivity index (χ2v) is 8.83. The second-order valence-electron chi connectivity index (χ2n) is 6.61. The van der Waals surface area contributed by atoms with Crippen LogP contribution in [0.2, 0.25) is 0 Å². The van der Waals surface area contributed by atoms with Crippen LogP contribution in [0.5, 0.6) is 5.75 Å². The van der Waals surface area contributed by atoms with Crippen LogP contribution in [0.25, 0.3) is 22.7 Å². The van der Waals surface area contributed by atoms with E-state index in [2.05, 4.69) is 54.7 Å². The molecule has 8 heteroatoms. The Kier molecular flexibility index (Phi) is 6.24. The Bertz CT molecular complexity index is 1120. The number of aromatic nitrogens is 4. The largest absolute Gasteiger partial charge is 0.497 e. The predicted octanol–water partition coefficient (Wildman–Crippen LogP) is 6.24. The fourth-order valence-corrected chi connectivity index (χ4v) is 4.31. The van der Waals surface area contributed by atoms with E-state index in [0.29, 0.717) is 11.8 Å². The first kappa shape index (κ1) is 20.7. The molecule has 2 aromatic carbocycles. The lowest BCUT2D eigenvalue weighted by atomic mass is 10.2. The van der Waals surface area contributed by atoms with E-state index in [4.69, 9.17) is 9.15 Å². The molecular formula is C22H21BrN4O2S. The van der Waals surface area contributed by atoms with Gasteiger partial charge >= 0.3 is 0 Å². The van der Waals surface area contributed by atoms with Crippen LogP contribution in [0, 0.1) is 0 Å². The minimum absolute atomic E-state index is 0.0324. The van der Waals surface area contributed by atoms with Crippen molar-refractivity contribution in [3.8, 4) is 28.5 Å². The molecule has 0 saturated carbocycles. The first-order valence-electron chi connectivity index (χ1n) is 9.55. The van der Waals surface area contributed by atoms with Gasteiger partial charge in [-0.25, -0.2) is 4.98 Å². The van der Waals surface area contributed by atoms with Crippen LogP contribution < -0.4 is 4.74 Å². The van der Waals surface area contributed by atoms with Gasteiger partial charge in [-0.3, -0.25) is 0 Å². The van der Waals surface area contributed by atoms with Gasteiger partial charge in [0.1, 0.15) is 5.75 Å². The van der Waals surface area contributed by atoms with E-state index in [9.17, 15) is 0 Å². The Balaban J connectivity index is 1.53. The van der Waals surface area contributed by atoms with Gasteiger partial charge in [-0.05, 0) is 55.8 Å². The van der Waals surface area contributed by atoms with Crippen LogP contribution in [0.4, 0.5) is 0 Å². The van der Waals surface area contributed by atoms with Crippen molar-refractivity contribution >= 4 is 27.7 Å². The minimum atomic E-state index is -0.0324. The number of hydrogen-bond donors (Lipinski definition) is 0. The minimum Gasteiger partial charge on any atom is -0.497 e. The smallest absolute Gasteiger partial charge is 0.247 e. The topological polar surface area (TPSA) is 66.0 Å². The zero-order valence-corrected chi connectivity index (χ0v) is 19.3. The first-order chi connectivity index (χ1) is 14.6. The van der Waals surface area contributed by atoms with Crippen molar-refractivity contribution in [1.82, 2.24) is 19.7 Å². The van der Waals surface area contributed by atoms with Gasteiger partial charge in [0.15, 0.2) is 5.16 Å². The summed E-state index contributed by atoms with van der Waals surface area (Å²) in [7, 11) is 1.64. The maximum Gasteiger partial charge on any atom is 0.247 e. The van der Waals surface area contributed by atoms with Crippen molar-refractivity contribution in [3.63, 3.8) is 0 Å². The van der Waals surface area contributed by atoms with Crippen LogP contribution >= 0.6 is 27.7 Å². The van der Waals surface area contributed by atoms with E-state index < -0.39 is 0 Å². The molecule has 1 unspecified atom stereocenters. The standard InChI is InChI=1S/C22H21BrN4O2S/c1-4-27-19(15-5-9-17(23)10-6-15)13-24-22(27)30-14(2)20-25-26-21(29-20)16-7-11-18(28-3)12-8-16/h5-14H,4H2,1-3H3. The van der Waals surface area contributed by atoms with Gasteiger partial charge in [-0.2, -0.15) is 0 Å². The normalized spacial score (nSPS) is 12.1. The van der Waals surface area contributed by atoms with Crippen LogP contribution in [-0.2, 0) is 6.54 Å². The van der Waals surface area contributed by atoms with E-state index in [-0.39, 0.29) is 5.25 Å². The van der Waals surface area contributed by atoms with E-state index in [1.807, 2.05) is 49.5 Å². The number of thioether (sulfide) groups is 1. The number of halogens is 1. The Labute approximate surface area is 187 Å². The molecule has 0 aliphatic heterocycles. The highest BCUT2D eigenvalue weighted by Crippen LogP contribution is 2.36. The molecule has 6 nitrogen and oxygen atoms in total. The lowest BCUT2D eigenvalue weighted by Gasteiger charge is -2.11. The molecule has 0 bridgehead atoms. The molecule has 4 aromatic rings. The van der Waals surface area contributed by atoms with E-state index in [0.717, 1.165) is 38.7 Å². The Hall–Kier alpha value is -2.58. The second kappa shape index (κ2) is 9.06. The monoisotopic (exact) mass is 484 g/mol. The number of imidazole rings is 1. The Morgan fingerprint density at radius 1 is 1.07 bits per heavy atom. The molecule has 0 radical (unpaired) electrons. The molecule has 0 aliphatic rings. The third-order valence-electron chi connectivity index (χ3n) is 4.68. The molecule has 0 amide bonds. The lowest BCUT2D eigenvalue weighted by molar-refractivity contribution is 0.415. The van der Waals surface area contributed by atoms with Crippen LogP contribution in [0.3, 0.4) is 0 Å². The van der Waals surface area contributed by atoms with Crippen LogP contribution in [0.15, 0.2) is 68.8 Å². The number of nitrogens with zero attached hydrogens (tertiary/aromatic N) is 4. The molecule has 0 aliphatic carbocycles. The highest BCUT2D eigenvalue weighted by Gasteiger charge is 2.20. The van der Waals surface area contributed by atoms with Gasteiger partial charge in [0.2, 0.25) is 11.8 Å². The van der Waals surface area contributed by atoms with Gasteiger partial charge < -0.3 is 13.7 Å². The molecule has 154 valence electrons. The molecule has 0 N–H and O–H groups in total. The number of ether oxygens (including phenoxy) is 1. The van der Waals surface area contributed by atoms with Crippen LogP contribution in [0.1, 0.15) is 25.0 Å². The fourth-order valence-electron chi connectivity index (χ4n) is 3.07. The van der Waals surface area contributed by atoms with E-state index >= 15 is 0 Å². The maximum absolute atomic E-state index is 5.93. The summed E-state index contributed by atoms with van der Waals surface area (Å²) in [6.07, 6.45) is 1.92.